The SMILES string of the molecule is O=C(c1ccccc1S)N1CCC[C@H]1CO. The van der Waals surface area contributed by atoms with E-state index in [4.69, 9.17) is 0 Å². The lowest BCUT2D eigenvalue weighted by molar-refractivity contribution is 0.0674. The zero-order valence-electron chi connectivity index (χ0n) is 8.97. The number of hydrogen-bond donors (Lipinski definition) is 2. The number of benzene rings is 1. The lowest BCUT2D eigenvalue weighted by Crippen LogP contribution is -2.37. The van der Waals surface area contributed by atoms with Gasteiger partial charge < -0.3 is 10.0 Å². The Morgan fingerprint density at radius 2 is 2.25 bits per heavy atom. The molecule has 0 aliphatic carbocycles. The number of carbonyl (C=O) groups is 1. The highest BCUT2D eigenvalue weighted by molar-refractivity contribution is 7.80. The van der Waals surface area contributed by atoms with Crippen molar-refractivity contribution in [2.75, 3.05) is 13.2 Å². The van der Waals surface area contributed by atoms with Gasteiger partial charge in [0.15, 0.2) is 0 Å². The fraction of sp³-hybridized carbons (Fsp3) is 0.417. The quantitative estimate of drug-likeness (QED) is 0.767. The monoisotopic (exact) mass is 237 g/mol. The van der Waals surface area contributed by atoms with E-state index in [0.29, 0.717) is 10.5 Å². The molecule has 0 aromatic heterocycles. The van der Waals surface area contributed by atoms with Gasteiger partial charge in [0.2, 0.25) is 0 Å². The Labute approximate surface area is 100 Å². The molecule has 1 fully saturated rings. The molecule has 4 heteroatoms. The summed E-state index contributed by atoms with van der Waals surface area (Å²) in [5.41, 5.74) is 0.617. The van der Waals surface area contributed by atoms with Crippen LogP contribution in [0.3, 0.4) is 0 Å². The number of nitrogens with zero attached hydrogens (tertiary/aromatic N) is 1. The van der Waals surface area contributed by atoms with Crippen LogP contribution in [0, 0.1) is 0 Å². The minimum absolute atomic E-state index is 0.0258. The van der Waals surface area contributed by atoms with Crippen LogP contribution >= 0.6 is 12.6 Å². The molecular formula is C12H15NO2S. The fourth-order valence-corrected chi connectivity index (χ4v) is 2.36. The van der Waals surface area contributed by atoms with E-state index in [1.54, 1.807) is 17.0 Å². The van der Waals surface area contributed by atoms with Crippen molar-refractivity contribution >= 4 is 18.5 Å². The number of carbonyl (C=O) groups excluding carboxylic acids is 1. The summed E-state index contributed by atoms with van der Waals surface area (Å²) in [5.74, 6) is -0.0258. The van der Waals surface area contributed by atoms with Gasteiger partial charge in [0.25, 0.3) is 5.91 Å². The minimum atomic E-state index is -0.0274. The Kier molecular flexibility index (Phi) is 3.51. The number of likely N-dealkylation sites (tertiary alicyclic amines) is 1. The standard InChI is InChI=1S/C12H15NO2S/c14-8-9-4-3-7-13(9)12(15)10-5-1-2-6-11(10)16/h1-2,5-6,9,14,16H,3-4,7-8H2/t9-/m0/s1. The van der Waals surface area contributed by atoms with Gasteiger partial charge in [-0.3, -0.25) is 4.79 Å². The van der Waals surface area contributed by atoms with Crippen molar-refractivity contribution in [3.05, 3.63) is 29.8 Å². The molecule has 1 N–H and O–H groups in total. The van der Waals surface area contributed by atoms with E-state index in [9.17, 15) is 9.90 Å². The maximum Gasteiger partial charge on any atom is 0.255 e. The second kappa shape index (κ2) is 4.89. The molecule has 1 heterocycles. The normalized spacial score (nSPS) is 20.1. The summed E-state index contributed by atoms with van der Waals surface area (Å²) >= 11 is 4.28. The molecule has 1 aliphatic heterocycles. The molecule has 2 rings (SSSR count). The number of thiol groups is 1. The Bertz CT molecular complexity index is 394. The van der Waals surface area contributed by atoms with E-state index in [0.717, 1.165) is 19.4 Å². The van der Waals surface area contributed by atoms with E-state index in [2.05, 4.69) is 12.6 Å². The van der Waals surface area contributed by atoms with E-state index >= 15 is 0 Å². The van der Waals surface area contributed by atoms with E-state index in [1.165, 1.54) is 0 Å². The molecule has 0 saturated carbocycles. The van der Waals surface area contributed by atoms with Crippen molar-refractivity contribution in [1.29, 1.82) is 0 Å². The first kappa shape index (κ1) is 11.5. The van der Waals surface area contributed by atoms with Gasteiger partial charge in [-0.15, -0.1) is 12.6 Å². The van der Waals surface area contributed by atoms with Crippen LogP contribution in [0.5, 0.6) is 0 Å². The van der Waals surface area contributed by atoms with Gasteiger partial charge in [-0.1, -0.05) is 12.1 Å². The first-order chi connectivity index (χ1) is 7.74. The summed E-state index contributed by atoms with van der Waals surface area (Å²) in [6.07, 6.45) is 1.85. The maximum absolute atomic E-state index is 12.2. The third kappa shape index (κ3) is 2.08. The summed E-state index contributed by atoms with van der Waals surface area (Å²) < 4.78 is 0. The molecule has 1 atom stereocenters. The van der Waals surface area contributed by atoms with Gasteiger partial charge in [-0.2, -0.15) is 0 Å². The Balaban J connectivity index is 2.22. The van der Waals surface area contributed by atoms with E-state index in [-0.39, 0.29) is 18.6 Å². The molecule has 16 heavy (non-hydrogen) atoms. The van der Waals surface area contributed by atoms with E-state index in [1.807, 2.05) is 12.1 Å². The minimum Gasteiger partial charge on any atom is -0.394 e. The molecule has 1 aliphatic rings. The molecule has 1 aromatic carbocycles. The molecule has 1 saturated heterocycles. The van der Waals surface area contributed by atoms with Crippen LogP contribution in [0.25, 0.3) is 0 Å². The number of rotatable bonds is 2. The Morgan fingerprint density at radius 1 is 1.50 bits per heavy atom. The molecule has 0 radical (unpaired) electrons. The molecule has 0 bridgehead atoms. The zero-order chi connectivity index (χ0) is 11.5. The van der Waals surface area contributed by atoms with Crippen LogP contribution in [0.2, 0.25) is 0 Å². The molecule has 0 spiro atoms. The lowest BCUT2D eigenvalue weighted by Gasteiger charge is -2.23. The number of hydrogen-bond acceptors (Lipinski definition) is 3. The van der Waals surface area contributed by atoms with Crippen molar-refractivity contribution in [3.63, 3.8) is 0 Å². The molecule has 0 unspecified atom stereocenters. The summed E-state index contributed by atoms with van der Waals surface area (Å²) in [6, 6.07) is 7.24. The first-order valence-electron chi connectivity index (χ1n) is 5.44. The van der Waals surface area contributed by atoms with Crippen LogP contribution in [0.15, 0.2) is 29.2 Å². The van der Waals surface area contributed by atoms with Crippen molar-refractivity contribution in [2.45, 2.75) is 23.8 Å². The zero-order valence-corrected chi connectivity index (χ0v) is 9.86. The summed E-state index contributed by atoms with van der Waals surface area (Å²) in [5, 5.41) is 9.19. The number of amides is 1. The first-order valence-corrected chi connectivity index (χ1v) is 5.88. The second-order valence-electron chi connectivity index (χ2n) is 3.99. The van der Waals surface area contributed by atoms with Crippen LogP contribution in [-0.4, -0.2) is 35.1 Å². The van der Waals surface area contributed by atoms with Crippen molar-refractivity contribution in [3.8, 4) is 0 Å². The average molecular weight is 237 g/mol. The summed E-state index contributed by atoms with van der Waals surface area (Å²) in [4.78, 5) is 14.6. The molecule has 3 nitrogen and oxygen atoms in total. The molecule has 86 valence electrons. The highest BCUT2D eigenvalue weighted by Gasteiger charge is 2.29. The topological polar surface area (TPSA) is 40.5 Å². The van der Waals surface area contributed by atoms with Gasteiger partial charge >= 0.3 is 0 Å². The number of aliphatic hydroxyl groups is 1. The van der Waals surface area contributed by atoms with Crippen LogP contribution in [0.4, 0.5) is 0 Å². The van der Waals surface area contributed by atoms with Gasteiger partial charge in [-0.25, -0.2) is 0 Å². The molecule has 1 aromatic rings. The smallest absolute Gasteiger partial charge is 0.255 e. The van der Waals surface area contributed by atoms with Crippen LogP contribution < -0.4 is 0 Å². The fourth-order valence-electron chi connectivity index (χ4n) is 2.10. The van der Waals surface area contributed by atoms with Crippen molar-refractivity contribution in [2.24, 2.45) is 0 Å². The number of aliphatic hydroxyl groups excluding tert-OH is 1. The van der Waals surface area contributed by atoms with Crippen LogP contribution in [-0.2, 0) is 0 Å². The highest BCUT2D eigenvalue weighted by atomic mass is 32.1. The second-order valence-corrected chi connectivity index (χ2v) is 4.48. The third-order valence-electron chi connectivity index (χ3n) is 2.98. The highest BCUT2D eigenvalue weighted by Crippen LogP contribution is 2.22. The lowest BCUT2D eigenvalue weighted by atomic mass is 10.1. The Hall–Kier alpha value is -1.00. The maximum atomic E-state index is 12.2. The van der Waals surface area contributed by atoms with Gasteiger partial charge in [-0.05, 0) is 25.0 Å². The van der Waals surface area contributed by atoms with E-state index < -0.39 is 0 Å². The van der Waals surface area contributed by atoms with Crippen LogP contribution in [0.1, 0.15) is 23.2 Å². The summed E-state index contributed by atoms with van der Waals surface area (Å²) in [6.45, 7) is 0.770. The van der Waals surface area contributed by atoms with Crippen molar-refractivity contribution in [1.82, 2.24) is 4.90 Å². The van der Waals surface area contributed by atoms with Gasteiger partial charge in [0.05, 0.1) is 18.2 Å². The molecule has 1 amide bonds. The van der Waals surface area contributed by atoms with Gasteiger partial charge in [0, 0.05) is 11.4 Å². The predicted molar refractivity (Wildman–Crippen MR) is 64.8 cm³/mol. The largest absolute Gasteiger partial charge is 0.394 e. The van der Waals surface area contributed by atoms with Crippen molar-refractivity contribution < 1.29 is 9.90 Å². The Morgan fingerprint density at radius 3 is 2.94 bits per heavy atom. The average Bonchev–Trinajstić information content (AvgIpc) is 2.77. The van der Waals surface area contributed by atoms with Gasteiger partial charge in [0.1, 0.15) is 0 Å². The predicted octanol–water partition coefficient (Wildman–Crippen LogP) is 1.57. The summed E-state index contributed by atoms with van der Waals surface area (Å²) in [7, 11) is 0. The third-order valence-corrected chi connectivity index (χ3v) is 3.37. The molecular weight excluding hydrogens is 222 g/mol.